The first-order valence-corrected chi connectivity index (χ1v) is 12.0. The number of ketones is 1. The fraction of sp³-hybridized carbons (Fsp3) is 0.133. The summed E-state index contributed by atoms with van der Waals surface area (Å²) in [4.78, 5) is 35.0. The van der Waals surface area contributed by atoms with E-state index in [9.17, 15) is 14.0 Å². The van der Waals surface area contributed by atoms with Crippen LogP contribution >= 0.6 is 0 Å². The zero-order valence-electron chi connectivity index (χ0n) is 21.5. The third kappa shape index (κ3) is 5.19. The zero-order chi connectivity index (χ0) is 27.5. The highest BCUT2D eigenvalue weighted by Gasteiger charge is 2.17. The summed E-state index contributed by atoms with van der Waals surface area (Å²) in [5.74, 6) is 1.05. The number of pyridine rings is 3. The minimum atomic E-state index is -0.448. The lowest BCUT2D eigenvalue weighted by atomic mass is 10.0. The van der Waals surface area contributed by atoms with Crippen LogP contribution in [0.2, 0.25) is 0 Å². The number of hydrogen-bond acceptors (Lipinski definition) is 7. The van der Waals surface area contributed by atoms with Crippen LogP contribution in [0.15, 0.2) is 83.8 Å². The summed E-state index contributed by atoms with van der Waals surface area (Å²) in [7, 11) is 3.03. The van der Waals surface area contributed by atoms with E-state index in [4.69, 9.17) is 14.2 Å². The molecule has 0 aliphatic carbocycles. The third-order valence-corrected chi connectivity index (χ3v) is 6.20. The van der Waals surface area contributed by atoms with Crippen LogP contribution in [0.1, 0.15) is 21.6 Å². The Morgan fingerprint density at radius 1 is 0.923 bits per heavy atom. The van der Waals surface area contributed by atoms with Crippen LogP contribution in [-0.2, 0) is 6.42 Å². The Balaban J connectivity index is 1.36. The van der Waals surface area contributed by atoms with Gasteiger partial charge in [0.2, 0.25) is 0 Å². The number of aryl methyl sites for hydroxylation is 1. The predicted molar refractivity (Wildman–Crippen MR) is 144 cm³/mol. The lowest BCUT2D eigenvalue weighted by molar-refractivity contribution is 0.0991. The molecule has 2 aromatic carbocycles. The maximum atomic E-state index is 13.4. The van der Waals surface area contributed by atoms with E-state index in [1.807, 2.05) is 0 Å². The number of ether oxygens (including phenoxy) is 3. The number of methoxy groups -OCH3 is 2. The van der Waals surface area contributed by atoms with Gasteiger partial charge >= 0.3 is 0 Å². The van der Waals surface area contributed by atoms with Crippen molar-refractivity contribution in [1.82, 2.24) is 14.5 Å². The maximum Gasteiger partial charge on any atom is 0.266 e. The number of fused-ring (bicyclic) bond motifs is 1. The number of benzene rings is 2. The van der Waals surface area contributed by atoms with Crippen LogP contribution in [0.25, 0.3) is 16.7 Å². The largest absolute Gasteiger partial charge is 0.491 e. The van der Waals surface area contributed by atoms with Crippen LogP contribution in [0.5, 0.6) is 23.1 Å². The average Bonchev–Trinajstić information content (AvgIpc) is 2.94. The number of halogens is 1. The predicted octanol–water partition coefficient (Wildman–Crippen LogP) is 5.46. The molecule has 0 bridgehead atoms. The number of rotatable bonds is 8. The van der Waals surface area contributed by atoms with Crippen LogP contribution < -0.4 is 19.8 Å². The Hall–Kier alpha value is -5.05. The smallest absolute Gasteiger partial charge is 0.266 e. The molecule has 3 heterocycles. The number of hydrogen-bond donors (Lipinski definition) is 0. The van der Waals surface area contributed by atoms with Gasteiger partial charge in [-0.15, -0.1) is 0 Å². The summed E-state index contributed by atoms with van der Waals surface area (Å²) < 4.78 is 31.4. The van der Waals surface area contributed by atoms with E-state index in [-0.39, 0.29) is 17.8 Å². The molecule has 196 valence electrons. The summed E-state index contributed by atoms with van der Waals surface area (Å²) in [6.45, 7) is 1.76. The van der Waals surface area contributed by atoms with Gasteiger partial charge in [0.15, 0.2) is 17.3 Å². The van der Waals surface area contributed by atoms with Crippen LogP contribution in [0.4, 0.5) is 4.39 Å². The molecule has 8 nitrogen and oxygen atoms in total. The third-order valence-electron chi connectivity index (χ3n) is 6.20. The molecule has 0 aliphatic heterocycles. The van der Waals surface area contributed by atoms with Crippen molar-refractivity contribution >= 4 is 16.8 Å². The van der Waals surface area contributed by atoms with Gasteiger partial charge in [-0.25, -0.2) is 9.37 Å². The number of carbonyl (C=O) groups excluding carboxylic acids is 1. The molecule has 0 spiro atoms. The fourth-order valence-electron chi connectivity index (χ4n) is 4.22. The van der Waals surface area contributed by atoms with Crippen LogP contribution in [-0.4, -0.2) is 34.5 Å². The van der Waals surface area contributed by atoms with Crippen molar-refractivity contribution in [2.75, 3.05) is 14.2 Å². The molecule has 0 amide bonds. The molecular weight excluding hydrogens is 501 g/mol. The Morgan fingerprint density at radius 3 is 2.36 bits per heavy atom. The van der Waals surface area contributed by atoms with E-state index in [1.54, 1.807) is 55.6 Å². The molecule has 0 saturated carbocycles. The van der Waals surface area contributed by atoms with Gasteiger partial charge in [-0.1, -0.05) is 12.1 Å². The number of carbonyl (C=O) groups is 1. The summed E-state index contributed by atoms with van der Waals surface area (Å²) >= 11 is 0. The fourth-order valence-corrected chi connectivity index (χ4v) is 4.22. The van der Waals surface area contributed by atoms with Crippen molar-refractivity contribution in [2.45, 2.75) is 13.3 Å². The van der Waals surface area contributed by atoms with Crippen molar-refractivity contribution < 1.29 is 23.4 Å². The number of nitrogens with zero attached hydrogens (tertiary/aromatic N) is 3. The van der Waals surface area contributed by atoms with Crippen molar-refractivity contribution in [1.29, 1.82) is 0 Å². The van der Waals surface area contributed by atoms with Gasteiger partial charge in [0.05, 0.1) is 25.3 Å². The molecule has 39 heavy (non-hydrogen) atoms. The van der Waals surface area contributed by atoms with E-state index in [1.165, 1.54) is 49.1 Å². The van der Waals surface area contributed by atoms with E-state index in [0.29, 0.717) is 51.1 Å². The van der Waals surface area contributed by atoms with E-state index in [2.05, 4.69) is 9.97 Å². The van der Waals surface area contributed by atoms with Crippen LogP contribution in [0, 0.1) is 12.7 Å². The van der Waals surface area contributed by atoms with Crippen LogP contribution in [0.3, 0.4) is 0 Å². The molecular formula is C30H24FN3O5. The van der Waals surface area contributed by atoms with Gasteiger partial charge < -0.3 is 14.2 Å². The average molecular weight is 526 g/mol. The molecule has 0 atom stereocenters. The Labute approximate surface area is 223 Å². The lowest BCUT2D eigenvalue weighted by Crippen LogP contribution is -2.27. The summed E-state index contributed by atoms with van der Waals surface area (Å²) in [6, 6.07) is 19.2. The topological polar surface area (TPSA) is 92.5 Å². The molecule has 0 aliphatic rings. The minimum Gasteiger partial charge on any atom is -0.491 e. The monoisotopic (exact) mass is 525 g/mol. The van der Waals surface area contributed by atoms with E-state index in [0.717, 1.165) is 0 Å². The van der Waals surface area contributed by atoms with Gasteiger partial charge in [-0.2, -0.15) is 0 Å². The van der Waals surface area contributed by atoms with Crippen molar-refractivity contribution in [3.05, 3.63) is 112 Å². The quantitative estimate of drug-likeness (QED) is 0.248. The molecule has 5 rings (SSSR count). The molecule has 3 aromatic heterocycles. The van der Waals surface area contributed by atoms with E-state index >= 15 is 0 Å². The summed E-state index contributed by atoms with van der Waals surface area (Å²) in [5, 5.41) is 0. The summed E-state index contributed by atoms with van der Waals surface area (Å²) in [6.07, 6.45) is 1.64. The maximum absolute atomic E-state index is 13.4. The van der Waals surface area contributed by atoms with Crippen molar-refractivity contribution in [3.8, 4) is 28.8 Å². The van der Waals surface area contributed by atoms with Gasteiger partial charge in [0.25, 0.3) is 11.4 Å². The Morgan fingerprint density at radius 2 is 1.67 bits per heavy atom. The molecule has 5 aromatic rings. The molecule has 0 saturated heterocycles. The Bertz CT molecular complexity index is 1730. The molecule has 0 unspecified atom stereocenters. The van der Waals surface area contributed by atoms with E-state index < -0.39 is 11.4 Å². The lowest BCUT2D eigenvalue weighted by Gasteiger charge is -2.12. The second kappa shape index (κ2) is 10.7. The van der Waals surface area contributed by atoms with Gasteiger partial charge in [-0.3, -0.25) is 19.1 Å². The highest BCUT2D eigenvalue weighted by molar-refractivity contribution is 5.97. The number of aromatic nitrogens is 3. The van der Waals surface area contributed by atoms with Gasteiger partial charge in [0.1, 0.15) is 17.1 Å². The summed E-state index contributed by atoms with van der Waals surface area (Å²) in [5.41, 5.74) is 2.54. The first kappa shape index (κ1) is 25.6. The highest BCUT2D eigenvalue weighted by atomic mass is 19.1. The molecule has 0 radical (unpaired) electrons. The first-order chi connectivity index (χ1) is 18.9. The standard InChI is InChI=1S/C30H24FN3O5/c1-18-4-13-23(30(36)34(18)21-9-7-20(31)8-10-21)25(35)16-19-5-11-22(12-6-19)39-26-14-15-32-24-17-27(37-2)29(38-3)33-28(24)26/h4-15,17H,16H2,1-3H3. The van der Waals surface area contributed by atoms with Crippen molar-refractivity contribution in [3.63, 3.8) is 0 Å². The SMILES string of the molecule is COc1cc2nccc(Oc3ccc(CC(=O)c4ccc(C)n(-c5ccc(F)cc5)c4=O)cc3)c2nc1OC. The molecule has 0 fully saturated rings. The first-order valence-electron chi connectivity index (χ1n) is 12.0. The normalized spacial score (nSPS) is 10.9. The second-order valence-corrected chi connectivity index (χ2v) is 8.73. The van der Waals surface area contributed by atoms with Crippen molar-refractivity contribution in [2.24, 2.45) is 0 Å². The highest BCUT2D eigenvalue weighted by Crippen LogP contribution is 2.34. The molecule has 9 heteroatoms. The van der Waals surface area contributed by atoms with Gasteiger partial charge in [0, 0.05) is 36.1 Å². The minimum absolute atomic E-state index is 0.0265. The molecule has 0 N–H and O–H groups in total. The zero-order valence-corrected chi connectivity index (χ0v) is 21.5. The van der Waals surface area contributed by atoms with Gasteiger partial charge in [-0.05, 0) is 61.0 Å². The number of Topliss-reactive ketones (excluding diaryl/α,β-unsaturated/α-hetero) is 1. The Kier molecular flexibility index (Phi) is 7.05. The second-order valence-electron chi connectivity index (χ2n) is 8.73.